The first kappa shape index (κ1) is 18.8. The molecule has 0 unspecified atom stereocenters. The van der Waals surface area contributed by atoms with E-state index in [1.165, 1.54) is 18.1 Å². The van der Waals surface area contributed by atoms with Crippen LogP contribution in [0, 0.1) is 10.8 Å². The molecule has 4 rings (SSSR count). The van der Waals surface area contributed by atoms with E-state index in [2.05, 4.69) is 15.3 Å². The van der Waals surface area contributed by atoms with Gasteiger partial charge in [0, 0.05) is 17.8 Å². The number of anilines is 1. The second kappa shape index (κ2) is 7.14. The first-order valence-corrected chi connectivity index (χ1v) is 10.1. The highest BCUT2D eigenvalue weighted by molar-refractivity contribution is 8.15. The van der Waals surface area contributed by atoms with Crippen molar-refractivity contribution in [3.05, 3.63) is 53.0 Å². The number of nitrogens with one attached hydrogen (secondary N) is 3. The van der Waals surface area contributed by atoms with Crippen molar-refractivity contribution in [2.24, 2.45) is 0 Å². The van der Waals surface area contributed by atoms with Gasteiger partial charge in [0.15, 0.2) is 0 Å². The molecule has 2 aliphatic rings. The number of hydrogen-bond donors (Lipinski definition) is 4. The van der Waals surface area contributed by atoms with Crippen molar-refractivity contribution in [3.63, 3.8) is 0 Å². The summed E-state index contributed by atoms with van der Waals surface area (Å²) in [6.45, 7) is 4.18. The van der Waals surface area contributed by atoms with Gasteiger partial charge in [-0.1, -0.05) is 36.0 Å². The van der Waals surface area contributed by atoms with E-state index in [4.69, 9.17) is 10.8 Å². The van der Waals surface area contributed by atoms with Crippen molar-refractivity contribution in [1.82, 2.24) is 9.97 Å². The zero-order valence-corrected chi connectivity index (χ0v) is 16.8. The summed E-state index contributed by atoms with van der Waals surface area (Å²) in [5.74, 6) is 0.701. The normalized spacial score (nSPS) is 19.0. The fourth-order valence-electron chi connectivity index (χ4n) is 3.49. The van der Waals surface area contributed by atoms with Gasteiger partial charge in [-0.2, -0.15) is 0 Å². The van der Waals surface area contributed by atoms with Gasteiger partial charge >= 0.3 is 0 Å². The van der Waals surface area contributed by atoms with Crippen LogP contribution in [-0.4, -0.2) is 25.8 Å². The van der Waals surface area contributed by atoms with Gasteiger partial charge < -0.3 is 15.8 Å². The highest BCUT2D eigenvalue weighted by atomic mass is 32.2. The maximum atomic E-state index is 10.4. The molecule has 0 bridgehead atoms. The summed E-state index contributed by atoms with van der Waals surface area (Å²) < 4.78 is 0. The number of allylic oxidation sites excluding steroid dienone is 1. The van der Waals surface area contributed by atoms with Crippen LogP contribution in [0.15, 0.2) is 41.1 Å². The first-order valence-electron chi connectivity index (χ1n) is 9.33. The van der Waals surface area contributed by atoms with Gasteiger partial charge in [-0.3, -0.25) is 5.41 Å². The Kier molecular flexibility index (Phi) is 4.81. The average Bonchev–Trinajstić information content (AvgIpc) is 3.00. The third-order valence-electron chi connectivity index (χ3n) is 5.54. The smallest absolute Gasteiger partial charge is 0.144 e. The molecule has 2 aromatic rings. The molecular weight excluding hydrogens is 370 g/mol. The quantitative estimate of drug-likeness (QED) is 0.565. The summed E-state index contributed by atoms with van der Waals surface area (Å²) in [5.41, 5.74) is 4.10. The number of aromatic nitrogens is 2. The maximum Gasteiger partial charge on any atom is 0.144 e. The number of rotatable bonds is 5. The lowest BCUT2D eigenvalue weighted by Crippen LogP contribution is -2.33. The van der Waals surface area contributed by atoms with Gasteiger partial charge in [0.05, 0.1) is 16.2 Å². The summed E-state index contributed by atoms with van der Waals surface area (Å²) in [5, 5.41) is 30.4. The standard InChI is InChI=1S/C21H23N5OS/c1-12(13(2)22)16-17-18(28-19(16)23)20(26-11-25-17)24-10-14-4-6-15(7-5-14)21(27)8-3-9-21/h4-7,11,22-23,27H,3,8-10H2,1-2H3,(H,24,25,26)/b16-12-,22-13?,23-19?. The van der Waals surface area contributed by atoms with E-state index in [1.54, 1.807) is 6.92 Å². The molecule has 2 heterocycles. The van der Waals surface area contributed by atoms with E-state index >= 15 is 0 Å². The molecule has 6 nitrogen and oxygen atoms in total. The van der Waals surface area contributed by atoms with E-state index in [0.717, 1.165) is 52.1 Å². The predicted molar refractivity (Wildman–Crippen MR) is 113 cm³/mol. The predicted octanol–water partition coefficient (Wildman–Crippen LogP) is 4.36. The SMILES string of the molecule is CC(=N)/C(C)=C1\C(=N)Sc2c(NCc3ccc(C4(O)CCC4)cc3)ncnc21. The number of aliphatic hydroxyl groups is 1. The molecule has 1 aromatic carbocycles. The molecular formula is C21H23N5OS. The van der Waals surface area contributed by atoms with E-state index in [1.807, 2.05) is 31.2 Å². The van der Waals surface area contributed by atoms with Crippen molar-refractivity contribution in [1.29, 1.82) is 10.8 Å². The molecule has 0 atom stereocenters. The first-order chi connectivity index (χ1) is 13.4. The summed E-state index contributed by atoms with van der Waals surface area (Å²) in [7, 11) is 0. The summed E-state index contributed by atoms with van der Waals surface area (Å²) in [6.07, 6.45) is 4.26. The van der Waals surface area contributed by atoms with Crippen LogP contribution in [0.25, 0.3) is 5.57 Å². The van der Waals surface area contributed by atoms with Gasteiger partial charge in [0.2, 0.25) is 0 Å². The van der Waals surface area contributed by atoms with Crippen LogP contribution in [0.1, 0.15) is 49.9 Å². The molecule has 7 heteroatoms. The van der Waals surface area contributed by atoms with Crippen LogP contribution in [0.4, 0.5) is 5.82 Å². The molecule has 1 aliphatic carbocycles. The molecule has 1 aromatic heterocycles. The Morgan fingerprint density at radius 3 is 2.54 bits per heavy atom. The highest BCUT2D eigenvalue weighted by Gasteiger charge is 2.36. The molecule has 0 radical (unpaired) electrons. The Hall–Kier alpha value is -2.51. The maximum absolute atomic E-state index is 10.4. The third kappa shape index (κ3) is 3.25. The molecule has 0 saturated heterocycles. The minimum absolute atomic E-state index is 0.403. The number of thioether (sulfide) groups is 1. The fourth-order valence-corrected chi connectivity index (χ4v) is 4.52. The average molecular weight is 394 g/mol. The number of benzene rings is 1. The molecule has 144 valence electrons. The van der Waals surface area contributed by atoms with Crippen molar-refractivity contribution in [3.8, 4) is 0 Å². The van der Waals surface area contributed by atoms with Crippen molar-refractivity contribution < 1.29 is 5.11 Å². The van der Waals surface area contributed by atoms with Crippen LogP contribution in [-0.2, 0) is 12.1 Å². The van der Waals surface area contributed by atoms with Crippen molar-refractivity contribution in [2.45, 2.75) is 50.2 Å². The van der Waals surface area contributed by atoms with Gasteiger partial charge in [0.1, 0.15) is 17.2 Å². The molecule has 28 heavy (non-hydrogen) atoms. The Labute approximate surface area is 168 Å². The zero-order valence-electron chi connectivity index (χ0n) is 16.0. The molecule has 1 saturated carbocycles. The van der Waals surface area contributed by atoms with Crippen LogP contribution in [0.3, 0.4) is 0 Å². The van der Waals surface area contributed by atoms with E-state index in [9.17, 15) is 5.11 Å². The van der Waals surface area contributed by atoms with Crippen molar-refractivity contribution >= 4 is 33.9 Å². The third-order valence-corrected chi connectivity index (χ3v) is 6.54. The second-order valence-electron chi connectivity index (χ2n) is 7.39. The Bertz CT molecular complexity index is 992. The van der Waals surface area contributed by atoms with E-state index in [-0.39, 0.29) is 0 Å². The number of nitrogens with zero attached hydrogens (tertiary/aromatic N) is 2. The van der Waals surface area contributed by atoms with Gasteiger partial charge in [0.25, 0.3) is 0 Å². The van der Waals surface area contributed by atoms with E-state index in [0.29, 0.717) is 23.1 Å². The topological polar surface area (TPSA) is 106 Å². The highest BCUT2D eigenvalue weighted by Crippen LogP contribution is 2.44. The fraction of sp³-hybridized carbons (Fsp3) is 0.333. The van der Waals surface area contributed by atoms with Crippen LogP contribution < -0.4 is 5.32 Å². The largest absolute Gasteiger partial charge is 0.385 e. The Balaban J connectivity index is 1.54. The number of fused-ring (bicyclic) bond motifs is 1. The number of hydrogen-bond acceptors (Lipinski definition) is 7. The summed E-state index contributed by atoms with van der Waals surface area (Å²) in [4.78, 5) is 9.57. The lowest BCUT2D eigenvalue weighted by Gasteiger charge is -2.37. The van der Waals surface area contributed by atoms with Crippen LogP contribution in [0.2, 0.25) is 0 Å². The minimum atomic E-state index is -0.635. The monoisotopic (exact) mass is 393 g/mol. The van der Waals surface area contributed by atoms with Crippen LogP contribution in [0.5, 0.6) is 0 Å². The van der Waals surface area contributed by atoms with Gasteiger partial charge in [-0.05, 0) is 49.8 Å². The van der Waals surface area contributed by atoms with Crippen LogP contribution >= 0.6 is 11.8 Å². The van der Waals surface area contributed by atoms with Gasteiger partial charge in [-0.15, -0.1) is 0 Å². The van der Waals surface area contributed by atoms with Gasteiger partial charge in [-0.25, -0.2) is 9.97 Å². The Morgan fingerprint density at radius 2 is 1.93 bits per heavy atom. The molecule has 0 spiro atoms. The Morgan fingerprint density at radius 1 is 1.21 bits per heavy atom. The van der Waals surface area contributed by atoms with E-state index < -0.39 is 5.60 Å². The minimum Gasteiger partial charge on any atom is -0.385 e. The summed E-state index contributed by atoms with van der Waals surface area (Å²) in [6, 6.07) is 8.07. The lowest BCUT2D eigenvalue weighted by molar-refractivity contribution is -0.0388. The second-order valence-corrected chi connectivity index (χ2v) is 8.41. The zero-order chi connectivity index (χ0) is 19.9. The molecule has 0 amide bonds. The summed E-state index contributed by atoms with van der Waals surface area (Å²) >= 11 is 1.33. The van der Waals surface area contributed by atoms with Crippen molar-refractivity contribution in [2.75, 3.05) is 5.32 Å². The molecule has 4 N–H and O–H groups in total. The molecule has 1 aliphatic heterocycles. The lowest BCUT2D eigenvalue weighted by atomic mass is 9.75. The molecule has 1 fully saturated rings.